The number of anilines is 1. The molecule has 1 heterocycles. The summed E-state index contributed by atoms with van der Waals surface area (Å²) in [6.07, 6.45) is 0. The first-order valence-electron chi connectivity index (χ1n) is 6.99. The Labute approximate surface area is 132 Å². The van der Waals surface area contributed by atoms with E-state index in [1.54, 1.807) is 49.0 Å². The Balaban J connectivity index is 1.93. The Bertz CT molecular complexity index is 829. The molecule has 1 amide bonds. The number of carbonyl (C=O) groups is 1. The van der Waals surface area contributed by atoms with E-state index >= 15 is 0 Å². The van der Waals surface area contributed by atoms with Crippen molar-refractivity contribution >= 4 is 11.6 Å². The van der Waals surface area contributed by atoms with Crippen LogP contribution in [0.3, 0.4) is 0 Å². The minimum atomic E-state index is -0.185. The van der Waals surface area contributed by atoms with Crippen LogP contribution in [0.2, 0.25) is 0 Å². The van der Waals surface area contributed by atoms with Crippen LogP contribution in [0.5, 0.6) is 5.75 Å². The molecule has 0 unspecified atom stereocenters. The lowest BCUT2D eigenvalue weighted by atomic mass is 10.2. The highest BCUT2D eigenvalue weighted by molar-refractivity contribution is 6.04. The zero-order valence-electron chi connectivity index (χ0n) is 12.7. The molecule has 116 valence electrons. The van der Waals surface area contributed by atoms with Crippen LogP contribution in [-0.2, 0) is 0 Å². The van der Waals surface area contributed by atoms with Crippen molar-refractivity contribution in [1.29, 1.82) is 0 Å². The summed E-state index contributed by atoms with van der Waals surface area (Å²) in [6.45, 7) is 1.79. The molecule has 0 aliphatic carbocycles. The fourth-order valence-corrected chi connectivity index (χ4v) is 2.18. The van der Waals surface area contributed by atoms with E-state index in [-0.39, 0.29) is 5.91 Å². The number of aryl methyl sites for hydroxylation is 1. The topological polar surface area (TPSA) is 81.9 Å². The van der Waals surface area contributed by atoms with Crippen molar-refractivity contribution in [2.24, 2.45) is 0 Å². The number of aromatic nitrogens is 4. The molecule has 0 atom stereocenters. The third-order valence-electron chi connectivity index (χ3n) is 3.33. The van der Waals surface area contributed by atoms with Crippen molar-refractivity contribution in [3.63, 3.8) is 0 Å². The van der Waals surface area contributed by atoms with Gasteiger partial charge in [0.05, 0.1) is 7.11 Å². The monoisotopic (exact) mass is 309 g/mol. The second-order valence-electron chi connectivity index (χ2n) is 4.84. The number of hydrogen-bond acceptors (Lipinski definition) is 5. The van der Waals surface area contributed by atoms with Crippen molar-refractivity contribution < 1.29 is 9.53 Å². The molecule has 0 saturated heterocycles. The average molecular weight is 309 g/mol. The Kier molecular flexibility index (Phi) is 4.01. The van der Waals surface area contributed by atoms with Crippen molar-refractivity contribution in [3.8, 4) is 11.4 Å². The van der Waals surface area contributed by atoms with Gasteiger partial charge in [-0.3, -0.25) is 4.79 Å². The summed E-state index contributed by atoms with van der Waals surface area (Å²) in [5.41, 5.74) is 1.87. The molecule has 0 aliphatic heterocycles. The summed E-state index contributed by atoms with van der Waals surface area (Å²) in [5.74, 6) is 1.04. The largest absolute Gasteiger partial charge is 0.494 e. The van der Waals surface area contributed by atoms with Crippen LogP contribution >= 0.6 is 0 Å². The van der Waals surface area contributed by atoms with E-state index in [1.807, 2.05) is 18.2 Å². The van der Waals surface area contributed by atoms with Gasteiger partial charge in [-0.05, 0) is 47.7 Å². The van der Waals surface area contributed by atoms with Gasteiger partial charge >= 0.3 is 0 Å². The van der Waals surface area contributed by atoms with Crippen LogP contribution < -0.4 is 10.1 Å². The van der Waals surface area contributed by atoms with Gasteiger partial charge < -0.3 is 10.1 Å². The fourth-order valence-electron chi connectivity index (χ4n) is 2.18. The number of benzene rings is 2. The molecule has 0 bridgehead atoms. The number of methoxy groups -OCH3 is 1. The quantitative estimate of drug-likeness (QED) is 0.799. The number of amides is 1. The van der Waals surface area contributed by atoms with Gasteiger partial charge in [-0.15, -0.1) is 5.10 Å². The molecule has 1 N–H and O–H groups in total. The molecule has 3 rings (SSSR count). The molecule has 0 fully saturated rings. The van der Waals surface area contributed by atoms with Crippen LogP contribution in [0.15, 0.2) is 48.5 Å². The standard InChI is InChI=1S/C16H15N5O2/c1-11-18-19-20-21(11)14-10-13(8-9-15(14)23-2)17-16(22)12-6-4-3-5-7-12/h3-10H,1-2H3,(H,17,22). The summed E-state index contributed by atoms with van der Waals surface area (Å²) in [7, 11) is 1.57. The molecule has 0 radical (unpaired) electrons. The summed E-state index contributed by atoms with van der Waals surface area (Å²) < 4.78 is 6.89. The number of nitrogens with zero attached hydrogens (tertiary/aromatic N) is 4. The van der Waals surface area contributed by atoms with Gasteiger partial charge in [0.2, 0.25) is 0 Å². The number of nitrogens with one attached hydrogen (secondary N) is 1. The predicted octanol–water partition coefficient (Wildman–Crippen LogP) is 2.23. The van der Waals surface area contributed by atoms with Crippen molar-refractivity contribution in [1.82, 2.24) is 20.2 Å². The number of rotatable bonds is 4. The minimum Gasteiger partial charge on any atom is -0.494 e. The Hall–Kier alpha value is -3.22. The lowest BCUT2D eigenvalue weighted by Gasteiger charge is -2.11. The first kappa shape index (κ1) is 14.7. The number of ether oxygens (including phenoxy) is 1. The van der Waals surface area contributed by atoms with E-state index in [1.165, 1.54) is 0 Å². The van der Waals surface area contributed by atoms with E-state index in [0.717, 1.165) is 0 Å². The first-order valence-corrected chi connectivity index (χ1v) is 6.99. The third kappa shape index (κ3) is 3.03. The van der Waals surface area contributed by atoms with Crippen LogP contribution in [0, 0.1) is 6.92 Å². The zero-order chi connectivity index (χ0) is 16.2. The van der Waals surface area contributed by atoms with Gasteiger partial charge in [-0.2, -0.15) is 4.68 Å². The van der Waals surface area contributed by atoms with Crippen LogP contribution in [-0.4, -0.2) is 33.2 Å². The summed E-state index contributed by atoms with van der Waals surface area (Å²) in [5, 5.41) is 14.3. The molecule has 7 nitrogen and oxygen atoms in total. The molecular formula is C16H15N5O2. The minimum absolute atomic E-state index is 0.185. The maximum absolute atomic E-state index is 12.2. The number of carbonyl (C=O) groups excluding carboxylic acids is 1. The summed E-state index contributed by atoms with van der Waals surface area (Å²) in [4.78, 5) is 12.2. The van der Waals surface area contributed by atoms with Crippen LogP contribution in [0.1, 0.15) is 16.2 Å². The third-order valence-corrected chi connectivity index (χ3v) is 3.33. The van der Waals surface area contributed by atoms with Gasteiger partial charge in [0.1, 0.15) is 11.4 Å². The highest BCUT2D eigenvalue weighted by Crippen LogP contribution is 2.26. The Morgan fingerprint density at radius 2 is 1.96 bits per heavy atom. The zero-order valence-corrected chi connectivity index (χ0v) is 12.7. The summed E-state index contributed by atoms with van der Waals surface area (Å²) >= 11 is 0. The Morgan fingerprint density at radius 3 is 2.61 bits per heavy atom. The Morgan fingerprint density at radius 1 is 1.17 bits per heavy atom. The van der Waals surface area contributed by atoms with Crippen molar-refractivity contribution in [2.75, 3.05) is 12.4 Å². The van der Waals surface area contributed by atoms with E-state index < -0.39 is 0 Å². The molecule has 7 heteroatoms. The van der Waals surface area contributed by atoms with E-state index in [4.69, 9.17) is 4.74 Å². The maximum atomic E-state index is 12.2. The molecule has 0 aliphatic rings. The number of tetrazole rings is 1. The average Bonchev–Trinajstić information content (AvgIpc) is 3.01. The van der Waals surface area contributed by atoms with Crippen molar-refractivity contribution in [3.05, 3.63) is 59.9 Å². The predicted molar refractivity (Wildman–Crippen MR) is 84.8 cm³/mol. The maximum Gasteiger partial charge on any atom is 0.255 e. The number of hydrogen-bond donors (Lipinski definition) is 1. The molecule has 0 spiro atoms. The van der Waals surface area contributed by atoms with E-state index in [2.05, 4.69) is 20.8 Å². The van der Waals surface area contributed by atoms with Crippen LogP contribution in [0.25, 0.3) is 5.69 Å². The molecule has 3 aromatic rings. The van der Waals surface area contributed by atoms with Crippen LogP contribution in [0.4, 0.5) is 5.69 Å². The lowest BCUT2D eigenvalue weighted by molar-refractivity contribution is 0.102. The fraction of sp³-hybridized carbons (Fsp3) is 0.125. The SMILES string of the molecule is COc1ccc(NC(=O)c2ccccc2)cc1-n1nnnc1C. The highest BCUT2D eigenvalue weighted by atomic mass is 16.5. The molecule has 1 aromatic heterocycles. The normalized spacial score (nSPS) is 10.3. The van der Waals surface area contributed by atoms with Gasteiger partial charge in [0.15, 0.2) is 5.82 Å². The van der Waals surface area contributed by atoms with Gasteiger partial charge in [0.25, 0.3) is 5.91 Å². The molecule has 23 heavy (non-hydrogen) atoms. The van der Waals surface area contributed by atoms with Crippen molar-refractivity contribution in [2.45, 2.75) is 6.92 Å². The van der Waals surface area contributed by atoms with Gasteiger partial charge in [0, 0.05) is 11.3 Å². The van der Waals surface area contributed by atoms with Gasteiger partial charge in [-0.25, -0.2) is 0 Å². The van der Waals surface area contributed by atoms with E-state index in [9.17, 15) is 4.79 Å². The van der Waals surface area contributed by atoms with Gasteiger partial charge in [-0.1, -0.05) is 18.2 Å². The molecular weight excluding hydrogens is 294 g/mol. The molecule has 0 saturated carbocycles. The first-order chi connectivity index (χ1) is 11.2. The smallest absolute Gasteiger partial charge is 0.255 e. The van der Waals surface area contributed by atoms with E-state index in [0.29, 0.717) is 28.5 Å². The second kappa shape index (κ2) is 6.27. The molecule has 2 aromatic carbocycles. The highest BCUT2D eigenvalue weighted by Gasteiger charge is 2.12. The lowest BCUT2D eigenvalue weighted by Crippen LogP contribution is -2.12. The second-order valence-corrected chi connectivity index (χ2v) is 4.84. The summed E-state index contributed by atoms with van der Waals surface area (Å²) in [6, 6.07) is 14.3.